The van der Waals surface area contributed by atoms with Gasteiger partial charge in [-0.1, -0.05) is 52.3 Å². The smallest absolute Gasteiger partial charge is 0.336 e. The predicted octanol–water partition coefficient (Wildman–Crippen LogP) is 5.42. The van der Waals surface area contributed by atoms with Gasteiger partial charge in [0.05, 0.1) is 24.7 Å². The third kappa shape index (κ3) is 5.03. The molecule has 2 aliphatic rings. The number of unbranched alkanes of at least 4 members (excludes halogenated alkanes) is 1. The van der Waals surface area contributed by atoms with Gasteiger partial charge in [0.2, 0.25) is 0 Å². The average Bonchev–Trinajstić information content (AvgIpc) is 2.70. The number of hydrogen-bond acceptors (Lipinski definition) is 5. The third-order valence-electron chi connectivity index (χ3n) is 5.88. The molecule has 0 spiro atoms. The Labute approximate surface area is 185 Å². The Kier molecular flexibility index (Phi) is 7.24. The molecule has 1 atom stereocenters. The van der Waals surface area contributed by atoms with Crippen molar-refractivity contribution in [2.24, 2.45) is 5.41 Å². The molecule has 5 heteroatoms. The molecule has 1 N–H and O–H groups in total. The van der Waals surface area contributed by atoms with Crippen molar-refractivity contribution in [2.75, 3.05) is 13.2 Å². The van der Waals surface area contributed by atoms with Gasteiger partial charge in [0, 0.05) is 29.0 Å². The van der Waals surface area contributed by atoms with Crippen LogP contribution in [0.15, 0.2) is 46.8 Å². The molecule has 1 aromatic rings. The molecule has 5 nitrogen and oxygen atoms in total. The molecule has 168 valence electrons. The van der Waals surface area contributed by atoms with Crippen molar-refractivity contribution in [2.45, 2.75) is 72.6 Å². The number of Topliss-reactive ketones (excluding diaryl/α,β-unsaturated/α-hetero) is 1. The second-order valence-corrected chi connectivity index (χ2v) is 9.31. The number of carbonyl (C=O) groups excluding carboxylic acids is 2. The fourth-order valence-corrected chi connectivity index (χ4v) is 4.47. The van der Waals surface area contributed by atoms with Gasteiger partial charge in [0.25, 0.3) is 0 Å². The Morgan fingerprint density at radius 3 is 2.58 bits per heavy atom. The van der Waals surface area contributed by atoms with Crippen LogP contribution >= 0.6 is 0 Å². The molecule has 31 heavy (non-hydrogen) atoms. The fourth-order valence-electron chi connectivity index (χ4n) is 4.47. The van der Waals surface area contributed by atoms with Crippen LogP contribution < -0.4 is 10.1 Å². The van der Waals surface area contributed by atoms with Gasteiger partial charge in [-0.25, -0.2) is 4.79 Å². The summed E-state index contributed by atoms with van der Waals surface area (Å²) in [4.78, 5) is 26.6. The second-order valence-electron chi connectivity index (χ2n) is 9.31. The van der Waals surface area contributed by atoms with E-state index in [1.165, 1.54) is 0 Å². The third-order valence-corrected chi connectivity index (χ3v) is 5.88. The van der Waals surface area contributed by atoms with E-state index in [2.05, 4.69) is 33.0 Å². The van der Waals surface area contributed by atoms with Crippen LogP contribution in [0.5, 0.6) is 5.75 Å². The lowest BCUT2D eigenvalue weighted by atomic mass is 9.68. The summed E-state index contributed by atoms with van der Waals surface area (Å²) >= 11 is 0. The van der Waals surface area contributed by atoms with Crippen LogP contribution in [-0.4, -0.2) is 25.0 Å². The van der Waals surface area contributed by atoms with Gasteiger partial charge in [-0.3, -0.25) is 4.79 Å². The summed E-state index contributed by atoms with van der Waals surface area (Å²) in [5, 5.41) is 3.38. The Hall–Kier alpha value is -2.56. The molecular weight excluding hydrogens is 390 g/mol. The minimum absolute atomic E-state index is 0.0837. The minimum Gasteiger partial charge on any atom is -0.493 e. The number of hydrogen-bond donors (Lipinski definition) is 1. The molecule has 0 amide bonds. The van der Waals surface area contributed by atoms with Gasteiger partial charge in [0.15, 0.2) is 5.78 Å². The maximum Gasteiger partial charge on any atom is 0.336 e. The Balaban J connectivity index is 2.12. The highest BCUT2D eigenvalue weighted by Crippen LogP contribution is 2.48. The Morgan fingerprint density at radius 2 is 1.87 bits per heavy atom. The number of ether oxygens (including phenoxy) is 2. The zero-order valence-electron chi connectivity index (χ0n) is 19.5. The molecule has 0 unspecified atom stereocenters. The van der Waals surface area contributed by atoms with Crippen LogP contribution in [-0.2, 0) is 14.3 Å². The minimum atomic E-state index is -0.484. The van der Waals surface area contributed by atoms with E-state index in [0.29, 0.717) is 36.5 Å². The van der Waals surface area contributed by atoms with E-state index >= 15 is 0 Å². The molecule has 3 rings (SSSR count). The normalized spacial score (nSPS) is 20.3. The molecule has 1 aromatic carbocycles. The van der Waals surface area contributed by atoms with E-state index in [0.717, 1.165) is 42.6 Å². The van der Waals surface area contributed by atoms with Gasteiger partial charge in [-0.15, -0.1) is 0 Å². The number of rotatable bonds is 8. The zero-order chi connectivity index (χ0) is 22.6. The first-order valence-corrected chi connectivity index (χ1v) is 11.4. The van der Waals surface area contributed by atoms with E-state index in [9.17, 15) is 9.59 Å². The van der Waals surface area contributed by atoms with Crippen LogP contribution in [0.1, 0.15) is 78.2 Å². The van der Waals surface area contributed by atoms with Gasteiger partial charge >= 0.3 is 5.97 Å². The fraction of sp³-hybridized carbons (Fsp3) is 0.538. The first kappa shape index (κ1) is 23.1. The highest BCUT2D eigenvalue weighted by molar-refractivity contribution is 6.04. The lowest BCUT2D eigenvalue weighted by Gasteiger charge is -2.39. The van der Waals surface area contributed by atoms with E-state index in [1.807, 2.05) is 31.2 Å². The number of esters is 1. The summed E-state index contributed by atoms with van der Waals surface area (Å²) in [5.74, 6) is -0.0484. The van der Waals surface area contributed by atoms with Crippen molar-refractivity contribution in [3.8, 4) is 5.75 Å². The maximum atomic E-state index is 13.4. The molecule has 1 aliphatic heterocycles. The largest absolute Gasteiger partial charge is 0.493 e. The van der Waals surface area contributed by atoms with Crippen molar-refractivity contribution in [1.29, 1.82) is 0 Å². The van der Waals surface area contributed by atoms with Crippen LogP contribution in [0.4, 0.5) is 0 Å². The molecule has 1 aliphatic carbocycles. The summed E-state index contributed by atoms with van der Waals surface area (Å²) in [5.41, 5.74) is 3.58. The number of ketones is 1. The van der Waals surface area contributed by atoms with Crippen molar-refractivity contribution >= 4 is 11.8 Å². The zero-order valence-corrected chi connectivity index (χ0v) is 19.5. The first-order chi connectivity index (χ1) is 14.8. The second kappa shape index (κ2) is 9.71. The van der Waals surface area contributed by atoms with Crippen LogP contribution in [0.2, 0.25) is 0 Å². The number of benzene rings is 1. The predicted molar refractivity (Wildman–Crippen MR) is 122 cm³/mol. The summed E-state index contributed by atoms with van der Waals surface area (Å²) < 4.78 is 11.6. The highest BCUT2D eigenvalue weighted by atomic mass is 16.5. The topological polar surface area (TPSA) is 64.6 Å². The van der Waals surface area contributed by atoms with Crippen molar-refractivity contribution in [3.63, 3.8) is 0 Å². The summed E-state index contributed by atoms with van der Waals surface area (Å²) in [7, 11) is 0. The molecule has 1 heterocycles. The molecule has 0 saturated carbocycles. The monoisotopic (exact) mass is 425 g/mol. The lowest BCUT2D eigenvalue weighted by molar-refractivity contribution is -0.139. The van der Waals surface area contributed by atoms with E-state index < -0.39 is 5.92 Å². The summed E-state index contributed by atoms with van der Waals surface area (Å²) in [6.45, 7) is 11.2. The van der Waals surface area contributed by atoms with Gasteiger partial charge in [0.1, 0.15) is 5.75 Å². The van der Waals surface area contributed by atoms with Gasteiger partial charge in [-0.05, 0) is 37.7 Å². The Morgan fingerprint density at radius 1 is 1.13 bits per heavy atom. The van der Waals surface area contributed by atoms with Gasteiger partial charge < -0.3 is 14.8 Å². The van der Waals surface area contributed by atoms with Crippen molar-refractivity contribution in [1.82, 2.24) is 5.32 Å². The number of para-hydroxylation sites is 1. The first-order valence-electron chi connectivity index (χ1n) is 11.4. The average molecular weight is 426 g/mol. The number of dihydropyridines is 1. The number of nitrogens with one attached hydrogen (secondary N) is 1. The molecule has 0 radical (unpaired) electrons. The van der Waals surface area contributed by atoms with E-state index in [-0.39, 0.29) is 17.2 Å². The quantitative estimate of drug-likeness (QED) is 0.445. The SMILES string of the molecule is CCCCOC(=O)C1=C(C)NC2=C(C(=O)CC(C)(C)C2)[C@@H]1c1ccccc1OCCC. The standard InChI is InChI=1S/C26H35NO4/c1-6-8-14-31-25(29)22-17(3)27-19-15-26(4,5)16-20(28)24(19)23(22)18-11-9-10-12-21(18)30-13-7-2/h9-12,23,27H,6-8,13-16H2,1-5H3/t23-/m1/s1. The van der Waals surface area contributed by atoms with Crippen LogP contribution in [0.3, 0.4) is 0 Å². The summed E-state index contributed by atoms with van der Waals surface area (Å²) in [6.07, 6.45) is 3.86. The highest BCUT2D eigenvalue weighted by Gasteiger charge is 2.43. The molecular formula is C26H35NO4. The molecule has 0 fully saturated rings. The molecule has 0 saturated heterocycles. The summed E-state index contributed by atoms with van der Waals surface area (Å²) in [6, 6.07) is 7.74. The lowest BCUT2D eigenvalue weighted by Crippen LogP contribution is -2.38. The van der Waals surface area contributed by atoms with Crippen molar-refractivity contribution in [3.05, 3.63) is 52.4 Å². The van der Waals surface area contributed by atoms with Crippen molar-refractivity contribution < 1.29 is 19.1 Å². The molecule has 0 bridgehead atoms. The van der Waals surface area contributed by atoms with Crippen LogP contribution in [0.25, 0.3) is 0 Å². The van der Waals surface area contributed by atoms with Gasteiger partial charge in [-0.2, -0.15) is 0 Å². The van der Waals surface area contributed by atoms with E-state index in [1.54, 1.807) is 0 Å². The Bertz CT molecular complexity index is 910. The number of carbonyl (C=O) groups is 2. The van der Waals surface area contributed by atoms with Crippen LogP contribution in [0, 0.1) is 5.41 Å². The number of allylic oxidation sites excluding steroid dienone is 3. The maximum absolute atomic E-state index is 13.4. The van der Waals surface area contributed by atoms with E-state index in [4.69, 9.17) is 9.47 Å². The molecule has 0 aromatic heterocycles.